The van der Waals surface area contributed by atoms with Gasteiger partial charge in [-0.05, 0) is 26.0 Å². The van der Waals surface area contributed by atoms with Gasteiger partial charge in [-0.2, -0.15) is 0 Å². The maximum Gasteiger partial charge on any atom is 0.411 e. The van der Waals surface area contributed by atoms with E-state index in [4.69, 9.17) is 14.6 Å². The second kappa shape index (κ2) is 5.03. The Bertz CT molecular complexity index is 556. The average Bonchev–Trinajstić information content (AvgIpc) is 2.64. The van der Waals surface area contributed by atoms with Gasteiger partial charge in [0.2, 0.25) is 0 Å². The number of aryl methyl sites for hydroxylation is 1. The molecule has 1 heterocycles. The van der Waals surface area contributed by atoms with E-state index in [1.54, 1.807) is 14.0 Å². The van der Waals surface area contributed by atoms with Crippen LogP contribution in [0.15, 0.2) is 18.2 Å². The molecule has 1 aliphatic heterocycles. The van der Waals surface area contributed by atoms with Crippen LogP contribution in [0, 0.1) is 6.92 Å². The van der Waals surface area contributed by atoms with E-state index in [0.29, 0.717) is 5.75 Å². The number of hydrogen-bond acceptors (Lipinski definition) is 4. The highest BCUT2D eigenvalue weighted by Gasteiger charge is 2.45. The van der Waals surface area contributed by atoms with Crippen molar-refractivity contribution in [3.05, 3.63) is 29.3 Å². The van der Waals surface area contributed by atoms with Crippen molar-refractivity contribution in [2.75, 3.05) is 20.2 Å². The highest BCUT2D eigenvalue weighted by molar-refractivity contribution is 5.78. The number of methoxy groups -OCH3 is 1. The monoisotopic (exact) mass is 279 g/mol. The first-order valence-electron chi connectivity index (χ1n) is 6.20. The molecular weight excluding hydrogens is 262 g/mol. The van der Waals surface area contributed by atoms with Crippen molar-refractivity contribution in [3.63, 3.8) is 0 Å². The van der Waals surface area contributed by atoms with Gasteiger partial charge < -0.3 is 14.6 Å². The summed E-state index contributed by atoms with van der Waals surface area (Å²) in [6, 6.07) is 5.59. The smallest absolute Gasteiger partial charge is 0.411 e. The number of aliphatic carboxylic acids is 1. The molecule has 0 spiro atoms. The molecule has 6 nitrogen and oxygen atoms in total. The topological polar surface area (TPSA) is 76.1 Å². The highest BCUT2D eigenvalue weighted by atomic mass is 16.6. The van der Waals surface area contributed by atoms with E-state index < -0.39 is 17.7 Å². The van der Waals surface area contributed by atoms with Gasteiger partial charge in [0.15, 0.2) is 5.60 Å². The maximum atomic E-state index is 11.8. The summed E-state index contributed by atoms with van der Waals surface area (Å²) >= 11 is 0. The zero-order chi connectivity index (χ0) is 14.9. The van der Waals surface area contributed by atoms with Gasteiger partial charge in [0.25, 0.3) is 0 Å². The minimum atomic E-state index is -1.07. The van der Waals surface area contributed by atoms with Gasteiger partial charge in [0.1, 0.15) is 12.3 Å². The molecule has 0 radical (unpaired) electrons. The number of carbonyl (C=O) groups excluding carboxylic acids is 1. The number of carboxylic acids is 1. The molecule has 0 saturated carbocycles. The number of carbonyl (C=O) groups is 2. The van der Waals surface area contributed by atoms with Crippen molar-refractivity contribution in [1.29, 1.82) is 0 Å². The second-order valence-corrected chi connectivity index (χ2v) is 5.05. The van der Waals surface area contributed by atoms with Crippen molar-refractivity contribution in [2.24, 2.45) is 0 Å². The molecular formula is C14H17NO5. The third-order valence-corrected chi connectivity index (χ3v) is 3.31. The zero-order valence-corrected chi connectivity index (χ0v) is 11.7. The molecule has 1 atom stereocenters. The lowest BCUT2D eigenvalue weighted by Crippen LogP contribution is -2.33. The van der Waals surface area contributed by atoms with E-state index in [1.807, 2.05) is 25.1 Å². The molecule has 20 heavy (non-hydrogen) atoms. The molecule has 2 rings (SSSR count). The lowest BCUT2D eigenvalue weighted by Gasteiger charge is -2.24. The maximum absolute atomic E-state index is 11.8. The molecule has 6 heteroatoms. The standard InChI is InChI=1S/C14H17NO5/c1-9-4-5-11(19-3)10(6-9)14(2)8-15(7-12(16)17)13(18)20-14/h4-6H,7-8H2,1-3H3,(H,16,17). The summed E-state index contributed by atoms with van der Waals surface area (Å²) in [6.07, 6.45) is -0.626. The summed E-state index contributed by atoms with van der Waals surface area (Å²) in [4.78, 5) is 23.7. The van der Waals surface area contributed by atoms with Crippen LogP contribution >= 0.6 is 0 Å². The van der Waals surface area contributed by atoms with Gasteiger partial charge >= 0.3 is 12.1 Å². The molecule has 0 aliphatic carbocycles. The van der Waals surface area contributed by atoms with Gasteiger partial charge in [-0.3, -0.25) is 9.69 Å². The van der Waals surface area contributed by atoms with Crippen LogP contribution in [0.1, 0.15) is 18.1 Å². The zero-order valence-electron chi connectivity index (χ0n) is 11.7. The summed E-state index contributed by atoms with van der Waals surface area (Å²) in [7, 11) is 1.54. The molecule has 1 saturated heterocycles. The van der Waals surface area contributed by atoms with E-state index in [9.17, 15) is 9.59 Å². The predicted molar refractivity (Wildman–Crippen MR) is 70.8 cm³/mol. The highest BCUT2D eigenvalue weighted by Crippen LogP contribution is 2.38. The SMILES string of the molecule is COc1ccc(C)cc1C1(C)CN(CC(=O)O)C(=O)O1. The van der Waals surface area contributed by atoms with Gasteiger partial charge in [0.05, 0.1) is 13.7 Å². The Morgan fingerprint density at radius 1 is 1.55 bits per heavy atom. The van der Waals surface area contributed by atoms with E-state index in [2.05, 4.69) is 0 Å². The molecule has 0 bridgehead atoms. The lowest BCUT2D eigenvalue weighted by molar-refractivity contribution is -0.137. The molecule has 1 aromatic rings. The van der Waals surface area contributed by atoms with Crippen LogP contribution in [0.3, 0.4) is 0 Å². The number of rotatable bonds is 4. The first-order valence-corrected chi connectivity index (χ1v) is 6.20. The number of amides is 1. The Hall–Kier alpha value is -2.24. The summed E-state index contributed by atoms with van der Waals surface area (Å²) in [5, 5.41) is 8.80. The fourth-order valence-corrected chi connectivity index (χ4v) is 2.38. The Balaban J connectivity index is 2.35. The lowest BCUT2D eigenvalue weighted by atomic mass is 9.93. The quantitative estimate of drug-likeness (QED) is 0.908. The summed E-state index contributed by atoms with van der Waals surface area (Å²) in [5.74, 6) is -0.453. The summed E-state index contributed by atoms with van der Waals surface area (Å²) in [6.45, 7) is 3.49. The van der Waals surface area contributed by atoms with Crippen LogP contribution in [0.5, 0.6) is 5.75 Å². The third-order valence-electron chi connectivity index (χ3n) is 3.31. The summed E-state index contributed by atoms with van der Waals surface area (Å²) < 4.78 is 10.7. The minimum absolute atomic E-state index is 0.179. The average molecular weight is 279 g/mol. The Morgan fingerprint density at radius 3 is 2.85 bits per heavy atom. The second-order valence-electron chi connectivity index (χ2n) is 5.05. The van der Waals surface area contributed by atoms with Crippen molar-refractivity contribution < 1.29 is 24.2 Å². The fourth-order valence-electron chi connectivity index (χ4n) is 2.38. The van der Waals surface area contributed by atoms with Crippen LogP contribution in [0.25, 0.3) is 0 Å². The number of nitrogens with zero attached hydrogens (tertiary/aromatic N) is 1. The number of ether oxygens (including phenoxy) is 2. The molecule has 1 fully saturated rings. The van der Waals surface area contributed by atoms with Crippen molar-refractivity contribution in [1.82, 2.24) is 4.90 Å². The molecule has 0 aromatic heterocycles. The molecule has 1 unspecified atom stereocenters. The van der Waals surface area contributed by atoms with E-state index in [1.165, 1.54) is 4.90 Å². The van der Waals surface area contributed by atoms with Crippen molar-refractivity contribution in [2.45, 2.75) is 19.4 Å². The first-order chi connectivity index (χ1) is 9.35. The van der Waals surface area contributed by atoms with E-state index in [-0.39, 0.29) is 13.1 Å². The van der Waals surface area contributed by atoms with Gasteiger partial charge in [-0.15, -0.1) is 0 Å². The number of hydrogen-bond donors (Lipinski definition) is 1. The van der Waals surface area contributed by atoms with Crippen LogP contribution in [0.4, 0.5) is 4.79 Å². The fraction of sp³-hybridized carbons (Fsp3) is 0.429. The van der Waals surface area contributed by atoms with Gasteiger partial charge in [-0.25, -0.2) is 4.79 Å². The number of carboxylic acid groups (broad SMARTS) is 1. The third kappa shape index (κ3) is 2.54. The van der Waals surface area contributed by atoms with Crippen LogP contribution in [0.2, 0.25) is 0 Å². The van der Waals surface area contributed by atoms with Gasteiger partial charge in [0, 0.05) is 5.56 Å². The van der Waals surface area contributed by atoms with Crippen LogP contribution < -0.4 is 4.74 Å². The van der Waals surface area contributed by atoms with Crippen molar-refractivity contribution in [3.8, 4) is 5.75 Å². The molecule has 1 aromatic carbocycles. The van der Waals surface area contributed by atoms with E-state index in [0.717, 1.165) is 11.1 Å². The Morgan fingerprint density at radius 2 is 2.25 bits per heavy atom. The predicted octanol–water partition coefficient (Wildman–Crippen LogP) is 1.76. The largest absolute Gasteiger partial charge is 0.496 e. The summed E-state index contributed by atoms with van der Waals surface area (Å²) in [5.41, 5.74) is 0.833. The van der Waals surface area contributed by atoms with Crippen molar-refractivity contribution >= 4 is 12.1 Å². The normalized spacial score (nSPS) is 21.8. The molecule has 108 valence electrons. The first kappa shape index (κ1) is 14.2. The van der Waals surface area contributed by atoms with E-state index >= 15 is 0 Å². The minimum Gasteiger partial charge on any atom is -0.496 e. The van der Waals surface area contributed by atoms with Crippen LogP contribution in [-0.2, 0) is 15.1 Å². The van der Waals surface area contributed by atoms with Gasteiger partial charge in [-0.1, -0.05) is 11.6 Å². The molecule has 1 N–H and O–H groups in total. The number of benzene rings is 1. The number of cyclic esters (lactones) is 1. The Labute approximate surface area is 116 Å². The Kier molecular flexibility index (Phi) is 3.57. The molecule has 1 amide bonds. The van der Waals surface area contributed by atoms with Crippen LogP contribution in [-0.4, -0.2) is 42.3 Å². The molecule has 1 aliphatic rings.